The summed E-state index contributed by atoms with van der Waals surface area (Å²) in [6.07, 6.45) is 4.54. The first-order valence-corrected chi connectivity index (χ1v) is 9.48. The van der Waals surface area contributed by atoms with Crippen LogP contribution < -0.4 is 4.74 Å². The largest absolute Gasteiger partial charge is 0.457 e. The second kappa shape index (κ2) is 7.09. The number of nitrogens with zero attached hydrogens (tertiary/aromatic N) is 5. The first-order chi connectivity index (χ1) is 13.8. The van der Waals surface area contributed by atoms with Crippen LogP contribution in [0, 0.1) is 0 Å². The highest BCUT2D eigenvalue weighted by molar-refractivity contribution is 6.04. The average molecular weight is 369 g/mol. The maximum atomic E-state index is 5.90. The molecule has 0 aliphatic carbocycles. The van der Waals surface area contributed by atoms with E-state index in [1.165, 1.54) is 0 Å². The highest BCUT2D eigenvalue weighted by Crippen LogP contribution is 2.32. The predicted molar refractivity (Wildman–Crippen MR) is 111 cm³/mol. The second-order valence-electron chi connectivity index (χ2n) is 7.20. The molecule has 0 radical (unpaired) electrons. The number of hydrogen-bond donors (Lipinski definition) is 0. The van der Waals surface area contributed by atoms with Gasteiger partial charge in [0.05, 0.1) is 11.4 Å². The molecule has 0 unspecified atom stereocenters. The zero-order valence-corrected chi connectivity index (χ0v) is 15.7. The lowest BCUT2D eigenvalue weighted by Crippen LogP contribution is -2.18. The van der Waals surface area contributed by atoms with Crippen LogP contribution in [0.3, 0.4) is 0 Å². The Morgan fingerprint density at radius 3 is 2.54 bits per heavy atom. The summed E-state index contributed by atoms with van der Waals surface area (Å²) >= 11 is 0. The summed E-state index contributed by atoms with van der Waals surface area (Å²) in [4.78, 5) is 11.1. The van der Waals surface area contributed by atoms with Crippen LogP contribution in [-0.4, -0.2) is 45.6 Å². The Hall–Kier alpha value is -3.19. The summed E-state index contributed by atoms with van der Waals surface area (Å²) in [5, 5.41) is 5.92. The van der Waals surface area contributed by atoms with Crippen LogP contribution in [0.25, 0.3) is 22.3 Å². The van der Waals surface area contributed by atoms with Gasteiger partial charge in [-0.15, -0.1) is 0 Å². The first kappa shape index (κ1) is 17.0. The topological polar surface area (TPSA) is 56.1 Å². The van der Waals surface area contributed by atoms with E-state index in [9.17, 15) is 0 Å². The number of fused-ring (bicyclic) bond motifs is 1. The molecule has 0 spiro atoms. The molecule has 4 aromatic rings. The number of para-hydroxylation sites is 1. The molecule has 2 aromatic heterocycles. The van der Waals surface area contributed by atoms with Gasteiger partial charge in [0.2, 0.25) is 0 Å². The van der Waals surface area contributed by atoms with Gasteiger partial charge in [-0.3, -0.25) is 0 Å². The molecule has 1 fully saturated rings. The molecule has 1 saturated heterocycles. The Labute approximate surface area is 164 Å². The fourth-order valence-electron chi connectivity index (χ4n) is 3.77. The predicted octanol–water partition coefficient (Wildman–Crippen LogP) is 3.08. The second-order valence-corrected chi connectivity index (χ2v) is 7.20. The van der Waals surface area contributed by atoms with Crippen molar-refractivity contribution in [3.05, 3.63) is 67.1 Å². The van der Waals surface area contributed by atoms with E-state index in [1.807, 2.05) is 60.8 Å². The summed E-state index contributed by atoms with van der Waals surface area (Å²) in [7, 11) is 2.15. The zero-order chi connectivity index (χ0) is 18.9. The number of hydrogen-bond acceptors (Lipinski definition) is 5. The molecule has 138 valence electrons. The molecule has 1 aliphatic rings. The molecule has 2 aromatic carbocycles. The molecule has 3 heterocycles. The van der Waals surface area contributed by atoms with Crippen molar-refractivity contribution in [1.82, 2.24) is 24.6 Å². The van der Waals surface area contributed by atoms with Gasteiger partial charge in [0.1, 0.15) is 23.5 Å². The summed E-state index contributed by atoms with van der Waals surface area (Å²) in [5.74, 6) is 1.62. The van der Waals surface area contributed by atoms with E-state index in [4.69, 9.17) is 9.84 Å². The quantitative estimate of drug-likeness (QED) is 0.518. The minimum atomic E-state index is 0.344. The molecular weight excluding hydrogens is 349 g/mol. The van der Waals surface area contributed by atoms with Gasteiger partial charge in [0.25, 0.3) is 0 Å². The molecule has 6 nitrogen and oxygen atoms in total. The number of rotatable bonds is 4. The van der Waals surface area contributed by atoms with Crippen LogP contribution in [0.5, 0.6) is 11.5 Å². The number of aromatic nitrogens is 4. The van der Waals surface area contributed by atoms with E-state index in [-0.39, 0.29) is 0 Å². The standard InChI is InChI=1S/C21H20BN5O/c22-26-11-10-16(13-26)27-21-19(12-23-14-24-21)20(25-27)15-6-8-18(9-7-15)28-17-4-2-1-3-5-17/h1-9,12,14,16H,10-11,13,22H2/t16-/m0/s1. The van der Waals surface area contributed by atoms with Crippen LogP contribution in [-0.2, 0) is 0 Å². The van der Waals surface area contributed by atoms with Gasteiger partial charge in [-0.25, -0.2) is 14.6 Å². The Balaban J connectivity index is 1.49. The van der Waals surface area contributed by atoms with Gasteiger partial charge in [-0.1, -0.05) is 18.2 Å². The Morgan fingerprint density at radius 2 is 1.79 bits per heavy atom. The smallest absolute Gasteiger partial charge is 0.185 e. The highest BCUT2D eigenvalue weighted by atomic mass is 16.5. The summed E-state index contributed by atoms with van der Waals surface area (Å²) < 4.78 is 7.97. The van der Waals surface area contributed by atoms with Crippen LogP contribution in [0.1, 0.15) is 12.5 Å². The van der Waals surface area contributed by atoms with E-state index in [1.54, 1.807) is 6.33 Å². The lowest BCUT2D eigenvalue weighted by molar-refractivity contribution is 0.468. The van der Waals surface area contributed by atoms with Gasteiger partial charge in [0.15, 0.2) is 13.6 Å². The SMILES string of the molecule is BN1CC[C@H](n2nc(-c3ccc(Oc4ccccc4)cc3)c3cncnc32)C1. The van der Waals surface area contributed by atoms with Gasteiger partial charge < -0.3 is 9.55 Å². The third-order valence-electron chi connectivity index (χ3n) is 5.19. The number of ether oxygens (including phenoxy) is 1. The molecular formula is C21H20BN5O. The first-order valence-electron chi connectivity index (χ1n) is 9.48. The van der Waals surface area contributed by atoms with Crippen molar-refractivity contribution in [2.75, 3.05) is 13.1 Å². The fraction of sp³-hybridized carbons (Fsp3) is 0.190. The molecule has 0 amide bonds. The van der Waals surface area contributed by atoms with E-state index in [2.05, 4.69) is 27.4 Å². The molecule has 0 N–H and O–H groups in total. The molecule has 5 rings (SSSR count). The number of benzene rings is 2. The van der Waals surface area contributed by atoms with Gasteiger partial charge in [-0.2, -0.15) is 5.10 Å². The van der Waals surface area contributed by atoms with Crippen LogP contribution in [0.4, 0.5) is 0 Å². The maximum absolute atomic E-state index is 5.90. The van der Waals surface area contributed by atoms with Gasteiger partial charge in [-0.05, 0) is 49.4 Å². The molecule has 7 heteroatoms. The minimum absolute atomic E-state index is 0.344. The van der Waals surface area contributed by atoms with Gasteiger partial charge >= 0.3 is 0 Å². The van der Waals surface area contributed by atoms with Crippen molar-refractivity contribution < 1.29 is 4.74 Å². The average Bonchev–Trinajstić information content (AvgIpc) is 3.33. The molecule has 0 saturated carbocycles. The fourth-order valence-corrected chi connectivity index (χ4v) is 3.77. The summed E-state index contributed by atoms with van der Waals surface area (Å²) in [6.45, 7) is 2.07. The Morgan fingerprint density at radius 1 is 1.00 bits per heavy atom. The molecule has 1 atom stereocenters. The van der Waals surface area contributed by atoms with Crippen molar-refractivity contribution in [2.45, 2.75) is 12.5 Å². The van der Waals surface area contributed by atoms with Crippen LogP contribution in [0.2, 0.25) is 0 Å². The Bertz CT molecular complexity index is 1100. The maximum Gasteiger partial charge on any atom is 0.185 e. The monoisotopic (exact) mass is 369 g/mol. The molecule has 28 heavy (non-hydrogen) atoms. The summed E-state index contributed by atoms with van der Waals surface area (Å²) in [5.41, 5.74) is 2.84. The third-order valence-corrected chi connectivity index (χ3v) is 5.19. The third kappa shape index (κ3) is 3.14. The summed E-state index contributed by atoms with van der Waals surface area (Å²) in [6, 6.07) is 18.2. The lowest BCUT2D eigenvalue weighted by atomic mass is 10.1. The zero-order valence-electron chi connectivity index (χ0n) is 15.7. The van der Waals surface area contributed by atoms with E-state index < -0.39 is 0 Å². The van der Waals surface area contributed by atoms with Crippen molar-refractivity contribution in [2.24, 2.45) is 0 Å². The van der Waals surface area contributed by atoms with Crippen molar-refractivity contribution in [3.8, 4) is 22.8 Å². The minimum Gasteiger partial charge on any atom is -0.457 e. The van der Waals surface area contributed by atoms with Crippen molar-refractivity contribution >= 4 is 19.0 Å². The van der Waals surface area contributed by atoms with Crippen molar-refractivity contribution in [1.29, 1.82) is 0 Å². The molecule has 0 bridgehead atoms. The van der Waals surface area contributed by atoms with Gasteiger partial charge in [0, 0.05) is 18.3 Å². The van der Waals surface area contributed by atoms with E-state index >= 15 is 0 Å². The van der Waals surface area contributed by atoms with Crippen LogP contribution >= 0.6 is 0 Å². The van der Waals surface area contributed by atoms with Crippen molar-refractivity contribution in [3.63, 3.8) is 0 Å². The van der Waals surface area contributed by atoms with E-state index in [0.717, 1.165) is 53.3 Å². The van der Waals surface area contributed by atoms with Crippen LogP contribution in [0.15, 0.2) is 67.1 Å². The van der Waals surface area contributed by atoms with E-state index in [0.29, 0.717) is 6.04 Å². The normalized spacial score (nSPS) is 17.2. The molecule has 1 aliphatic heterocycles. The highest BCUT2D eigenvalue weighted by Gasteiger charge is 2.25. The Kier molecular flexibility index (Phi) is 4.29. The lowest BCUT2D eigenvalue weighted by Gasteiger charge is -2.11.